The standard InChI is InChI=1S/C7H8F3NS/c8-7(9,10)6-3-5(1-2-11)4-12-6/h3-4H,1-2,11H2. The molecule has 1 aromatic heterocycles. The third-order valence-corrected chi connectivity index (χ3v) is 2.39. The minimum Gasteiger partial charge on any atom is -0.330 e. The van der Waals surface area contributed by atoms with Gasteiger partial charge >= 0.3 is 6.18 Å². The van der Waals surface area contributed by atoms with Crippen LogP contribution in [0.3, 0.4) is 0 Å². The molecule has 1 heterocycles. The fraction of sp³-hybridized carbons (Fsp3) is 0.429. The summed E-state index contributed by atoms with van der Waals surface area (Å²) < 4.78 is 36.1. The number of alkyl halides is 3. The Hall–Kier alpha value is -0.550. The Morgan fingerprint density at radius 3 is 2.50 bits per heavy atom. The molecule has 0 aliphatic rings. The van der Waals surface area contributed by atoms with Crippen molar-refractivity contribution in [1.82, 2.24) is 0 Å². The Kier molecular flexibility index (Phi) is 2.74. The summed E-state index contributed by atoms with van der Waals surface area (Å²) in [7, 11) is 0. The van der Waals surface area contributed by atoms with Crippen LogP contribution in [-0.4, -0.2) is 6.54 Å². The first-order chi connectivity index (χ1) is 5.54. The predicted molar refractivity (Wildman–Crippen MR) is 42.1 cm³/mol. The number of hydrogen-bond donors (Lipinski definition) is 1. The van der Waals surface area contributed by atoms with Gasteiger partial charge in [-0.1, -0.05) is 0 Å². The zero-order valence-electron chi connectivity index (χ0n) is 6.19. The third kappa shape index (κ3) is 2.22. The van der Waals surface area contributed by atoms with Gasteiger partial charge in [-0.3, -0.25) is 0 Å². The first kappa shape index (κ1) is 9.54. The van der Waals surface area contributed by atoms with Crippen molar-refractivity contribution in [2.75, 3.05) is 6.54 Å². The van der Waals surface area contributed by atoms with Gasteiger partial charge in [0.1, 0.15) is 4.88 Å². The zero-order chi connectivity index (χ0) is 9.19. The van der Waals surface area contributed by atoms with E-state index in [-0.39, 0.29) is 0 Å². The molecule has 5 heteroatoms. The van der Waals surface area contributed by atoms with Gasteiger partial charge in [0.05, 0.1) is 0 Å². The molecule has 0 aliphatic carbocycles. The summed E-state index contributed by atoms with van der Waals surface area (Å²) >= 11 is 0.716. The Bertz CT molecular complexity index is 253. The Labute approximate surface area is 72.0 Å². The summed E-state index contributed by atoms with van der Waals surface area (Å²) in [6.45, 7) is 0.383. The molecule has 2 N–H and O–H groups in total. The van der Waals surface area contributed by atoms with Crippen LogP contribution in [0.2, 0.25) is 0 Å². The maximum Gasteiger partial charge on any atom is 0.425 e. The van der Waals surface area contributed by atoms with E-state index >= 15 is 0 Å². The van der Waals surface area contributed by atoms with Crippen molar-refractivity contribution in [3.63, 3.8) is 0 Å². The van der Waals surface area contributed by atoms with Crippen molar-refractivity contribution in [2.45, 2.75) is 12.6 Å². The number of hydrogen-bond acceptors (Lipinski definition) is 2. The molecule has 1 nitrogen and oxygen atoms in total. The molecule has 1 rings (SSSR count). The molecule has 12 heavy (non-hydrogen) atoms. The van der Waals surface area contributed by atoms with E-state index in [0.717, 1.165) is 6.07 Å². The van der Waals surface area contributed by atoms with Gasteiger partial charge in [-0.15, -0.1) is 11.3 Å². The minimum absolute atomic E-state index is 0.383. The molecule has 0 aromatic carbocycles. The molecule has 0 radical (unpaired) electrons. The quantitative estimate of drug-likeness (QED) is 0.769. The minimum atomic E-state index is -4.21. The van der Waals surface area contributed by atoms with Crippen LogP contribution in [-0.2, 0) is 12.6 Å². The van der Waals surface area contributed by atoms with Gasteiger partial charge in [-0.25, -0.2) is 0 Å². The van der Waals surface area contributed by atoms with Crippen molar-refractivity contribution in [3.8, 4) is 0 Å². The van der Waals surface area contributed by atoms with Crippen molar-refractivity contribution in [1.29, 1.82) is 0 Å². The van der Waals surface area contributed by atoms with E-state index in [1.165, 1.54) is 5.38 Å². The van der Waals surface area contributed by atoms with Crippen molar-refractivity contribution < 1.29 is 13.2 Å². The molecule has 0 saturated heterocycles. The Morgan fingerprint density at radius 1 is 1.42 bits per heavy atom. The fourth-order valence-corrected chi connectivity index (χ4v) is 1.64. The van der Waals surface area contributed by atoms with Crippen molar-refractivity contribution in [3.05, 3.63) is 21.9 Å². The normalized spacial score (nSPS) is 12.0. The van der Waals surface area contributed by atoms with Crippen LogP contribution in [0.1, 0.15) is 10.4 Å². The van der Waals surface area contributed by atoms with Crippen LogP contribution in [0.15, 0.2) is 11.4 Å². The maximum absolute atomic E-state index is 12.0. The molecule has 0 saturated carbocycles. The second-order valence-corrected chi connectivity index (χ2v) is 3.27. The van der Waals surface area contributed by atoms with E-state index in [1.807, 2.05) is 0 Å². The highest BCUT2D eigenvalue weighted by molar-refractivity contribution is 7.10. The molecular weight excluding hydrogens is 187 g/mol. The van der Waals surface area contributed by atoms with Gasteiger partial charge in [-0.05, 0) is 30.0 Å². The molecule has 0 amide bonds. The maximum atomic E-state index is 12.0. The van der Waals surface area contributed by atoms with Gasteiger partial charge in [0.25, 0.3) is 0 Å². The van der Waals surface area contributed by atoms with Crippen LogP contribution < -0.4 is 5.73 Å². The molecule has 0 spiro atoms. The average molecular weight is 195 g/mol. The monoisotopic (exact) mass is 195 g/mol. The lowest BCUT2D eigenvalue weighted by molar-refractivity contribution is -0.134. The SMILES string of the molecule is NCCc1csc(C(F)(F)F)c1. The molecule has 0 fully saturated rings. The van der Waals surface area contributed by atoms with E-state index in [2.05, 4.69) is 0 Å². The molecule has 68 valence electrons. The van der Waals surface area contributed by atoms with E-state index in [4.69, 9.17) is 5.73 Å². The largest absolute Gasteiger partial charge is 0.425 e. The highest BCUT2D eigenvalue weighted by Gasteiger charge is 2.32. The first-order valence-electron chi connectivity index (χ1n) is 3.38. The highest BCUT2D eigenvalue weighted by atomic mass is 32.1. The lowest BCUT2D eigenvalue weighted by Gasteiger charge is -2.00. The predicted octanol–water partition coefficient (Wildman–Crippen LogP) is 2.27. The number of halogens is 3. The average Bonchev–Trinajstić information content (AvgIpc) is 2.35. The molecule has 0 unspecified atom stereocenters. The number of thiophene rings is 1. The molecule has 1 aromatic rings. The topological polar surface area (TPSA) is 26.0 Å². The highest BCUT2D eigenvalue weighted by Crippen LogP contribution is 2.33. The smallest absolute Gasteiger partial charge is 0.330 e. The summed E-state index contributed by atoms with van der Waals surface area (Å²) in [5.74, 6) is 0. The molecule has 0 atom stereocenters. The lowest BCUT2D eigenvalue weighted by Crippen LogP contribution is -2.03. The van der Waals surface area contributed by atoms with Crippen LogP contribution in [0.4, 0.5) is 13.2 Å². The van der Waals surface area contributed by atoms with Gasteiger partial charge in [0.2, 0.25) is 0 Å². The summed E-state index contributed by atoms with van der Waals surface area (Å²) in [6, 6.07) is 1.15. The van der Waals surface area contributed by atoms with Gasteiger partial charge < -0.3 is 5.73 Å². The van der Waals surface area contributed by atoms with Gasteiger partial charge in [-0.2, -0.15) is 13.2 Å². The molecule has 0 bridgehead atoms. The van der Waals surface area contributed by atoms with Gasteiger partial charge in [0.15, 0.2) is 0 Å². The van der Waals surface area contributed by atoms with Gasteiger partial charge in [0, 0.05) is 0 Å². The Balaban J connectivity index is 2.77. The van der Waals surface area contributed by atoms with E-state index in [9.17, 15) is 13.2 Å². The summed E-state index contributed by atoms with van der Waals surface area (Å²) in [5.41, 5.74) is 5.86. The first-order valence-corrected chi connectivity index (χ1v) is 4.26. The third-order valence-electron chi connectivity index (χ3n) is 1.37. The molecular formula is C7H8F3NS. The lowest BCUT2D eigenvalue weighted by atomic mass is 10.2. The van der Waals surface area contributed by atoms with Crippen LogP contribution in [0.5, 0.6) is 0 Å². The fourth-order valence-electron chi connectivity index (χ4n) is 0.822. The number of nitrogens with two attached hydrogens (primary N) is 1. The second kappa shape index (κ2) is 3.45. The summed E-state index contributed by atoms with van der Waals surface area (Å²) in [5, 5.41) is 1.50. The second-order valence-electron chi connectivity index (χ2n) is 2.36. The summed E-state index contributed by atoms with van der Waals surface area (Å²) in [4.78, 5) is -0.550. The van der Waals surface area contributed by atoms with Crippen LogP contribution in [0.25, 0.3) is 0 Å². The van der Waals surface area contributed by atoms with E-state index in [1.54, 1.807) is 0 Å². The van der Waals surface area contributed by atoms with Crippen molar-refractivity contribution in [2.24, 2.45) is 5.73 Å². The number of rotatable bonds is 2. The summed E-state index contributed by atoms with van der Waals surface area (Å²) in [6.07, 6.45) is -3.70. The van der Waals surface area contributed by atoms with E-state index in [0.29, 0.717) is 29.9 Å². The Morgan fingerprint density at radius 2 is 2.08 bits per heavy atom. The van der Waals surface area contributed by atoms with Crippen molar-refractivity contribution >= 4 is 11.3 Å². The zero-order valence-corrected chi connectivity index (χ0v) is 7.00. The molecule has 0 aliphatic heterocycles. The van der Waals surface area contributed by atoms with Crippen LogP contribution >= 0.6 is 11.3 Å². The van der Waals surface area contributed by atoms with Crippen LogP contribution in [0, 0.1) is 0 Å². The van der Waals surface area contributed by atoms with E-state index < -0.39 is 11.1 Å².